The van der Waals surface area contributed by atoms with E-state index in [1.54, 1.807) is 42.5 Å². The lowest BCUT2D eigenvalue weighted by atomic mass is 10.0. The fourth-order valence-electron chi connectivity index (χ4n) is 5.78. The predicted octanol–water partition coefficient (Wildman–Crippen LogP) is 10.1. The molecule has 8 heteroatoms. The molecule has 0 heterocycles. The first-order valence-electron chi connectivity index (χ1n) is 21.2. The molecule has 0 rings (SSSR count). The van der Waals surface area contributed by atoms with E-state index in [0.717, 1.165) is 25.7 Å². The van der Waals surface area contributed by atoms with Crippen LogP contribution in [0.2, 0.25) is 0 Å². The van der Waals surface area contributed by atoms with Gasteiger partial charge in [-0.25, -0.2) is 0 Å². The third kappa shape index (κ3) is 37.6. The van der Waals surface area contributed by atoms with Crippen LogP contribution in [0.25, 0.3) is 0 Å². The number of aliphatic hydroxyl groups is 4. The maximum absolute atomic E-state index is 12.0. The molecule has 0 unspecified atom stereocenters. The maximum atomic E-state index is 12.0. The Balaban J connectivity index is 3.71. The molecule has 0 fully saturated rings. The van der Waals surface area contributed by atoms with Crippen molar-refractivity contribution in [1.29, 1.82) is 0 Å². The summed E-state index contributed by atoms with van der Waals surface area (Å²) >= 11 is 0. The topological polar surface area (TPSA) is 134 Å². The van der Waals surface area contributed by atoms with Gasteiger partial charge in [-0.05, 0) is 32.1 Å². The van der Waals surface area contributed by atoms with E-state index in [0.29, 0.717) is 19.3 Å². The average Bonchev–Trinajstić information content (AvgIpc) is 3.15. The fourth-order valence-corrected chi connectivity index (χ4v) is 5.78. The second kappa shape index (κ2) is 39.2. The largest absolute Gasteiger partial charge is 0.463 e. The first kappa shape index (κ1) is 50.5. The summed E-state index contributed by atoms with van der Waals surface area (Å²) in [7, 11) is 0. The standard InChI is InChI=1S/C45H78O8/c1-3-5-7-8-9-10-11-12-13-14-15-16-17-18-19-20-21-26-30-36-44(50)52-38-41(47)39-53-45(51)37-31-35-43(49)42(48)34-29-25-23-22-24-28-33-40(46)32-27-6-4-2/h6,22-25,27-29,33-34,40-43,46-49H,3-5,7-21,26,30-32,35-39H2,1-2H3/b24-22+,25-23-,27-6-,33-28+,34-29-/t40-,41+,42+,43+/m1/s1. The minimum absolute atomic E-state index is 0.0290. The first-order chi connectivity index (χ1) is 25.8. The Morgan fingerprint density at radius 3 is 1.40 bits per heavy atom. The summed E-state index contributed by atoms with van der Waals surface area (Å²) in [5.41, 5.74) is 0. The van der Waals surface area contributed by atoms with Crippen LogP contribution in [0.4, 0.5) is 0 Å². The van der Waals surface area contributed by atoms with Gasteiger partial charge in [0, 0.05) is 12.8 Å². The molecule has 0 saturated heterocycles. The number of hydrogen-bond acceptors (Lipinski definition) is 8. The van der Waals surface area contributed by atoms with E-state index in [1.165, 1.54) is 109 Å². The third-order valence-corrected chi connectivity index (χ3v) is 9.11. The van der Waals surface area contributed by atoms with Crippen LogP contribution in [0.15, 0.2) is 60.8 Å². The van der Waals surface area contributed by atoms with Gasteiger partial charge in [-0.2, -0.15) is 0 Å². The second-order valence-corrected chi connectivity index (χ2v) is 14.3. The molecule has 0 aliphatic rings. The monoisotopic (exact) mass is 747 g/mol. The molecule has 4 atom stereocenters. The predicted molar refractivity (Wildman–Crippen MR) is 218 cm³/mol. The molecule has 0 radical (unpaired) electrons. The lowest BCUT2D eigenvalue weighted by Crippen LogP contribution is -2.26. The van der Waals surface area contributed by atoms with Crippen molar-refractivity contribution in [2.24, 2.45) is 0 Å². The van der Waals surface area contributed by atoms with Gasteiger partial charge in [-0.3, -0.25) is 9.59 Å². The average molecular weight is 747 g/mol. The summed E-state index contributed by atoms with van der Waals surface area (Å²) in [6.07, 6.45) is 40.9. The molecule has 0 aliphatic carbocycles. The molecular weight excluding hydrogens is 668 g/mol. The van der Waals surface area contributed by atoms with Crippen LogP contribution in [0.1, 0.15) is 174 Å². The van der Waals surface area contributed by atoms with Crippen LogP contribution < -0.4 is 0 Å². The molecule has 8 nitrogen and oxygen atoms in total. The summed E-state index contributed by atoms with van der Waals surface area (Å²) < 4.78 is 10.2. The summed E-state index contributed by atoms with van der Waals surface area (Å²) in [5, 5.41) is 40.1. The van der Waals surface area contributed by atoms with E-state index in [2.05, 4.69) is 6.92 Å². The van der Waals surface area contributed by atoms with Crippen molar-refractivity contribution in [2.75, 3.05) is 13.2 Å². The van der Waals surface area contributed by atoms with Gasteiger partial charge in [0.05, 0.1) is 18.3 Å². The zero-order chi connectivity index (χ0) is 39.0. The van der Waals surface area contributed by atoms with Gasteiger partial charge in [-0.15, -0.1) is 0 Å². The number of allylic oxidation sites excluding steroid dienone is 7. The highest BCUT2D eigenvalue weighted by atomic mass is 16.6. The van der Waals surface area contributed by atoms with Crippen LogP contribution in [-0.4, -0.2) is 70.0 Å². The van der Waals surface area contributed by atoms with Crippen LogP contribution in [0, 0.1) is 0 Å². The van der Waals surface area contributed by atoms with Crippen molar-refractivity contribution < 1.29 is 39.5 Å². The van der Waals surface area contributed by atoms with Crippen LogP contribution in [0.3, 0.4) is 0 Å². The van der Waals surface area contributed by atoms with Crippen molar-refractivity contribution in [3.8, 4) is 0 Å². The number of hydrogen-bond donors (Lipinski definition) is 4. The number of unbranched alkanes of at least 4 members (excludes halogenated alkanes) is 18. The SMILES string of the molecule is CC/C=C\C[C@@H](O)/C=C/C=C/C=C\C=C/[C@H](O)[C@@H](O)CCCC(=O)OC[C@@H](O)COC(=O)CCCCCCCCCCCCCCCCCCCCC. The minimum Gasteiger partial charge on any atom is -0.463 e. The van der Waals surface area contributed by atoms with Gasteiger partial charge in [0.25, 0.3) is 0 Å². The molecule has 0 spiro atoms. The van der Waals surface area contributed by atoms with Crippen molar-refractivity contribution in [2.45, 2.75) is 199 Å². The number of carbonyl (C=O) groups is 2. The zero-order valence-corrected chi connectivity index (χ0v) is 33.6. The number of carbonyl (C=O) groups excluding carboxylic acids is 2. The van der Waals surface area contributed by atoms with E-state index in [1.807, 2.05) is 19.1 Å². The molecule has 4 N–H and O–H groups in total. The smallest absolute Gasteiger partial charge is 0.305 e. The van der Waals surface area contributed by atoms with Crippen molar-refractivity contribution >= 4 is 11.9 Å². The first-order valence-corrected chi connectivity index (χ1v) is 21.2. The van der Waals surface area contributed by atoms with Gasteiger partial charge in [0.15, 0.2) is 0 Å². The lowest BCUT2D eigenvalue weighted by molar-refractivity contribution is -0.152. The summed E-state index contributed by atoms with van der Waals surface area (Å²) in [6, 6.07) is 0. The Morgan fingerprint density at radius 1 is 0.509 bits per heavy atom. The summed E-state index contributed by atoms with van der Waals surface area (Å²) in [6.45, 7) is 3.83. The van der Waals surface area contributed by atoms with Crippen LogP contribution in [-0.2, 0) is 19.1 Å². The van der Waals surface area contributed by atoms with Gasteiger partial charge in [0.2, 0.25) is 0 Å². The highest BCUT2D eigenvalue weighted by Crippen LogP contribution is 2.15. The highest BCUT2D eigenvalue weighted by Gasteiger charge is 2.15. The fraction of sp³-hybridized carbons (Fsp3) is 0.733. The van der Waals surface area contributed by atoms with Crippen molar-refractivity contribution in [1.82, 2.24) is 0 Å². The van der Waals surface area contributed by atoms with Crippen molar-refractivity contribution in [3.63, 3.8) is 0 Å². The molecule has 0 bridgehead atoms. The summed E-state index contributed by atoms with van der Waals surface area (Å²) in [5.74, 6) is -0.884. The Hall–Kier alpha value is -2.52. The van der Waals surface area contributed by atoms with Gasteiger partial charge >= 0.3 is 11.9 Å². The van der Waals surface area contributed by atoms with E-state index in [9.17, 15) is 30.0 Å². The molecule has 53 heavy (non-hydrogen) atoms. The molecular formula is C45H78O8. The molecule has 0 aromatic heterocycles. The van der Waals surface area contributed by atoms with Gasteiger partial charge < -0.3 is 29.9 Å². The normalized spacial score (nSPS) is 14.6. The van der Waals surface area contributed by atoms with Crippen LogP contribution in [0.5, 0.6) is 0 Å². The van der Waals surface area contributed by atoms with Crippen LogP contribution >= 0.6 is 0 Å². The Kier molecular flexibility index (Phi) is 37.3. The maximum Gasteiger partial charge on any atom is 0.305 e. The third-order valence-electron chi connectivity index (χ3n) is 9.11. The van der Waals surface area contributed by atoms with E-state index in [-0.39, 0.29) is 32.0 Å². The van der Waals surface area contributed by atoms with E-state index in [4.69, 9.17) is 9.47 Å². The number of ether oxygens (including phenoxy) is 2. The highest BCUT2D eigenvalue weighted by molar-refractivity contribution is 5.69. The zero-order valence-electron chi connectivity index (χ0n) is 33.6. The quantitative estimate of drug-likeness (QED) is 0.0214. The number of aliphatic hydroxyl groups excluding tert-OH is 4. The van der Waals surface area contributed by atoms with E-state index < -0.39 is 30.4 Å². The second-order valence-electron chi connectivity index (χ2n) is 14.3. The molecule has 0 aliphatic heterocycles. The molecule has 0 amide bonds. The van der Waals surface area contributed by atoms with Crippen molar-refractivity contribution in [3.05, 3.63) is 60.8 Å². The Labute approximate surface area is 323 Å². The molecule has 0 aromatic carbocycles. The van der Waals surface area contributed by atoms with E-state index >= 15 is 0 Å². The Bertz CT molecular complexity index is 985. The molecule has 0 aromatic rings. The number of rotatable bonds is 37. The number of esters is 2. The van der Waals surface area contributed by atoms with Gasteiger partial charge in [0.1, 0.15) is 19.3 Å². The molecule has 306 valence electrons. The van der Waals surface area contributed by atoms with Gasteiger partial charge in [-0.1, -0.05) is 190 Å². The molecule has 0 saturated carbocycles. The lowest BCUT2D eigenvalue weighted by Gasteiger charge is -2.14. The summed E-state index contributed by atoms with van der Waals surface area (Å²) in [4.78, 5) is 24.0. The minimum atomic E-state index is -1.09. The Morgan fingerprint density at radius 2 is 0.925 bits per heavy atom.